The Kier molecular flexibility index (Phi) is 5.41. The summed E-state index contributed by atoms with van der Waals surface area (Å²) in [7, 11) is 0. The molecule has 2 aromatic carbocycles. The lowest BCUT2D eigenvalue weighted by atomic mass is 10.2. The van der Waals surface area contributed by atoms with E-state index in [9.17, 15) is 25.1 Å². The number of allylic oxidation sites excluding steroid dienone is 1. The molecular formula is C16H16N4O5. The Morgan fingerprint density at radius 2 is 1.84 bits per heavy atom. The van der Waals surface area contributed by atoms with E-state index in [4.69, 9.17) is 0 Å². The number of carbonyl (C=O) groups excluding carboxylic acids is 1. The van der Waals surface area contributed by atoms with Gasteiger partial charge in [-0.25, -0.2) is 0 Å². The van der Waals surface area contributed by atoms with E-state index in [0.717, 1.165) is 18.2 Å². The van der Waals surface area contributed by atoms with E-state index in [1.165, 1.54) is 6.92 Å². The van der Waals surface area contributed by atoms with Gasteiger partial charge in [-0.05, 0) is 25.1 Å². The van der Waals surface area contributed by atoms with Crippen molar-refractivity contribution < 1.29 is 19.9 Å². The lowest BCUT2D eigenvalue weighted by Crippen LogP contribution is -2.31. The summed E-state index contributed by atoms with van der Waals surface area (Å²) in [6.45, 7) is 1.29. The minimum atomic E-state index is -0.636. The Morgan fingerprint density at radius 3 is 2.44 bits per heavy atom. The number of carbonyl (C=O) groups is 1. The van der Waals surface area contributed by atoms with Crippen LogP contribution in [-0.4, -0.2) is 21.0 Å². The van der Waals surface area contributed by atoms with Gasteiger partial charge in [0.25, 0.3) is 11.6 Å². The number of nitro benzene ring substituents is 1. The van der Waals surface area contributed by atoms with E-state index >= 15 is 0 Å². The van der Waals surface area contributed by atoms with Gasteiger partial charge in [0, 0.05) is 17.8 Å². The minimum Gasteiger partial charge on any atom is -0.510 e. The number of non-ortho nitro benzene ring substituents is 1. The van der Waals surface area contributed by atoms with Gasteiger partial charge in [0.05, 0.1) is 4.92 Å². The average Bonchev–Trinajstić information content (AvgIpc) is 2.57. The highest BCUT2D eigenvalue weighted by Crippen LogP contribution is 2.27. The van der Waals surface area contributed by atoms with Gasteiger partial charge < -0.3 is 15.5 Å². The van der Waals surface area contributed by atoms with Crippen LogP contribution in [0.4, 0.5) is 17.1 Å². The van der Waals surface area contributed by atoms with Crippen molar-refractivity contribution in [3.63, 3.8) is 0 Å². The highest BCUT2D eigenvalue weighted by atomic mass is 16.6. The maximum atomic E-state index is 12.2. The van der Waals surface area contributed by atoms with Gasteiger partial charge in [-0.15, -0.1) is 0 Å². The number of hydrogen-bond acceptors (Lipinski definition) is 7. The quantitative estimate of drug-likeness (QED) is 0.179. The van der Waals surface area contributed by atoms with Crippen LogP contribution in [-0.2, 0) is 4.79 Å². The Hall–Kier alpha value is -3.75. The Labute approximate surface area is 142 Å². The topological polar surface area (TPSA) is 137 Å². The lowest BCUT2D eigenvalue weighted by molar-refractivity contribution is -0.384. The molecule has 5 N–H and O–H groups in total. The van der Waals surface area contributed by atoms with E-state index in [0.29, 0.717) is 5.69 Å². The first-order chi connectivity index (χ1) is 11.9. The fraction of sp³-hybridized carbons (Fsp3) is 0.0625. The number of hydrazine groups is 1. The molecule has 2 aromatic rings. The highest BCUT2D eigenvalue weighted by molar-refractivity contribution is 6.03. The van der Waals surface area contributed by atoms with E-state index < -0.39 is 10.8 Å². The number of aromatic hydroxyl groups is 1. The molecule has 0 spiro atoms. The maximum absolute atomic E-state index is 12.2. The number of nitrogens with one attached hydrogen (secondary N) is 3. The minimum absolute atomic E-state index is 0.0274. The fourth-order valence-electron chi connectivity index (χ4n) is 1.89. The van der Waals surface area contributed by atoms with E-state index in [1.807, 2.05) is 0 Å². The summed E-state index contributed by atoms with van der Waals surface area (Å²) in [5, 5.41) is 32.8. The molecule has 0 heterocycles. The summed E-state index contributed by atoms with van der Waals surface area (Å²) in [6, 6.07) is 12.0. The van der Waals surface area contributed by atoms with Crippen LogP contribution in [0.15, 0.2) is 60.0 Å². The number of anilines is 2. The molecule has 25 heavy (non-hydrogen) atoms. The summed E-state index contributed by atoms with van der Waals surface area (Å²) in [5.41, 5.74) is 4.95. The summed E-state index contributed by atoms with van der Waals surface area (Å²) < 4.78 is 0. The van der Waals surface area contributed by atoms with Crippen molar-refractivity contribution in [2.75, 3.05) is 10.7 Å². The first-order valence-electron chi connectivity index (χ1n) is 7.14. The monoisotopic (exact) mass is 344 g/mol. The number of aliphatic hydroxyl groups excluding tert-OH is 1. The second-order valence-corrected chi connectivity index (χ2v) is 4.99. The molecule has 0 fully saturated rings. The normalized spacial score (nSPS) is 11.2. The number of benzene rings is 2. The summed E-state index contributed by atoms with van der Waals surface area (Å²) in [6.07, 6.45) is 0. The van der Waals surface area contributed by atoms with Crippen LogP contribution in [0.3, 0.4) is 0 Å². The van der Waals surface area contributed by atoms with Crippen molar-refractivity contribution in [1.29, 1.82) is 0 Å². The zero-order valence-corrected chi connectivity index (χ0v) is 13.2. The SMILES string of the molecule is C/C(O)=C(/NNc1cc([N+](=O)[O-])ccc1O)C(=O)Nc1ccccc1. The van der Waals surface area contributed by atoms with Crippen LogP contribution < -0.4 is 16.2 Å². The number of hydrogen-bond donors (Lipinski definition) is 5. The number of amides is 1. The van der Waals surface area contributed by atoms with Crippen LogP contribution in [0, 0.1) is 10.1 Å². The Morgan fingerprint density at radius 1 is 1.16 bits per heavy atom. The number of nitro groups is 1. The number of phenolic OH excluding ortho intramolecular Hbond substituents is 1. The zero-order valence-electron chi connectivity index (χ0n) is 13.2. The van der Waals surface area contributed by atoms with Gasteiger partial charge in [0.15, 0.2) is 5.70 Å². The van der Waals surface area contributed by atoms with Crippen LogP contribution in [0.1, 0.15) is 6.92 Å². The molecule has 130 valence electrons. The standard InChI is InChI=1S/C16H16N4O5/c1-10(21)15(16(23)17-11-5-3-2-4-6-11)19-18-13-9-12(20(24)25)7-8-14(13)22/h2-9,18-19,21-22H,1H3,(H,17,23)/b15-10-. The van der Waals surface area contributed by atoms with Crippen molar-refractivity contribution >= 4 is 23.0 Å². The largest absolute Gasteiger partial charge is 0.510 e. The molecule has 0 unspecified atom stereocenters. The van der Waals surface area contributed by atoms with Crippen molar-refractivity contribution in [1.82, 2.24) is 5.43 Å². The molecule has 0 aliphatic heterocycles. The second-order valence-electron chi connectivity index (χ2n) is 4.99. The first-order valence-corrected chi connectivity index (χ1v) is 7.14. The van der Waals surface area contributed by atoms with Gasteiger partial charge >= 0.3 is 0 Å². The summed E-state index contributed by atoms with van der Waals surface area (Å²) >= 11 is 0. The second kappa shape index (κ2) is 7.68. The number of aliphatic hydroxyl groups is 1. The number of phenols is 1. The molecule has 0 saturated carbocycles. The average molecular weight is 344 g/mol. The van der Waals surface area contributed by atoms with Crippen LogP contribution in [0.25, 0.3) is 0 Å². The van der Waals surface area contributed by atoms with Crippen LogP contribution >= 0.6 is 0 Å². The third-order valence-corrected chi connectivity index (χ3v) is 3.13. The molecule has 0 aliphatic rings. The highest BCUT2D eigenvalue weighted by Gasteiger charge is 2.15. The van der Waals surface area contributed by atoms with Crippen LogP contribution in [0.5, 0.6) is 5.75 Å². The lowest BCUT2D eigenvalue weighted by Gasteiger charge is -2.15. The summed E-state index contributed by atoms with van der Waals surface area (Å²) in [5.74, 6) is -1.22. The number of nitrogens with zero attached hydrogens (tertiary/aromatic N) is 1. The Balaban J connectivity index is 2.13. The van der Waals surface area contributed by atoms with Gasteiger partial charge in [-0.1, -0.05) is 18.2 Å². The van der Waals surface area contributed by atoms with E-state index in [-0.39, 0.29) is 28.6 Å². The van der Waals surface area contributed by atoms with Gasteiger partial charge in [-0.3, -0.25) is 25.8 Å². The molecular weight excluding hydrogens is 328 g/mol. The molecule has 0 aromatic heterocycles. The predicted molar refractivity (Wildman–Crippen MR) is 91.9 cm³/mol. The molecule has 0 bridgehead atoms. The van der Waals surface area contributed by atoms with E-state index in [2.05, 4.69) is 16.2 Å². The third kappa shape index (κ3) is 4.61. The zero-order chi connectivity index (χ0) is 18.4. The molecule has 9 nitrogen and oxygen atoms in total. The first kappa shape index (κ1) is 17.6. The smallest absolute Gasteiger partial charge is 0.277 e. The maximum Gasteiger partial charge on any atom is 0.277 e. The van der Waals surface area contributed by atoms with Crippen molar-refractivity contribution in [2.24, 2.45) is 0 Å². The molecule has 2 rings (SSSR count). The van der Waals surface area contributed by atoms with Gasteiger partial charge in [-0.2, -0.15) is 0 Å². The van der Waals surface area contributed by atoms with Gasteiger partial charge in [0.1, 0.15) is 17.2 Å². The van der Waals surface area contributed by atoms with E-state index in [1.54, 1.807) is 30.3 Å². The Bertz CT molecular complexity index is 817. The van der Waals surface area contributed by atoms with Crippen molar-refractivity contribution in [2.45, 2.75) is 6.92 Å². The summed E-state index contributed by atoms with van der Waals surface area (Å²) in [4.78, 5) is 22.4. The molecule has 1 amide bonds. The van der Waals surface area contributed by atoms with Crippen LogP contribution in [0.2, 0.25) is 0 Å². The fourth-order valence-corrected chi connectivity index (χ4v) is 1.89. The predicted octanol–water partition coefficient (Wildman–Crippen LogP) is 2.65. The third-order valence-electron chi connectivity index (χ3n) is 3.13. The molecule has 0 atom stereocenters. The molecule has 9 heteroatoms. The number of rotatable bonds is 6. The van der Waals surface area contributed by atoms with Crippen molar-refractivity contribution in [3.05, 3.63) is 70.1 Å². The molecule has 0 radical (unpaired) electrons. The van der Waals surface area contributed by atoms with Crippen molar-refractivity contribution in [3.8, 4) is 5.75 Å². The molecule has 0 saturated heterocycles. The molecule has 0 aliphatic carbocycles. The van der Waals surface area contributed by atoms with Gasteiger partial charge in [0.2, 0.25) is 0 Å². The number of para-hydroxylation sites is 1.